The van der Waals surface area contributed by atoms with Crippen LogP contribution in [0.4, 0.5) is 17.6 Å². The molecule has 0 atom stereocenters. The van der Waals surface area contributed by atoms with Gasteiger partial charge in [-0.05, 0) is 15.9 Å². The van der Waals surface area contributed by atoms with Crippen molar-refractivity contribution in [1.82, 2.24) is 0 Å². The van der Waals surface area contributed by atoms with Gasteiger partial charge in [0.15, 0.2) is 0 Å². The second-order valence-corrected chi connectivity index (χ2v) is 2.03. The van der Waals surface area contributed by atoms with Crippen LogP contribution in [-0.4, -0.2) is 4.83 Å². The Hall–Kier alpha value is -0.0600. The van der Waals surface area contributed by atoms with Crippen molar-refractivity contribution >= 4 is 15.9 Å². The van der Waals surface area contributed by atoms with E-state index < -0.39 is 17.0 Å². The molecule has 0 fully saturated rings. The Balaban J connectivity index is 3.89. The van der Waals surface area contributed by atoms with Crippen LogP contribution in [0.2, 0.25) is 0 Å². The number of hydrogen-bond acceptors (Lipinski definition) is 0. The Kier molecular flexibility index (Phi) is 2.46. The van der Waals surface area contributed by atoms with Crippen LogP contribution >= 0.6 is 15.9 Å². The second kappa shape index (κ2) is 2.48. The van der Waals surface area contributed by atoms with E-state index in [-0.39, 0.29) is 0 Å². The van der Waals surface area contributed by atoms with Gasteiger partial charge in [-0.3, -0.25) is 0 Å². The van der Waals surface area contributed by atoms with Gasteiger partial charge < -0.3 is 0 Å². The van der Waals surface area contributed by atoms with Crippen LogP contribution in [0.25, 0.3) is 0 Å². The molecule has 0 rings (SSSR count). The van der Waals surface area contributed by atoms with E-state index >= 15 is 0 Å². The first-order chi connectivity index (χ1) is 3.42. The third kappa shape index (κ3) is 5.94. The Morgan fingerprint density at radius 3 is 1.75 bits per heavy atom. The summed E-state index contributed by atoms with van der Waals surface area (Å²) in [5.41, 5.74) is 0. The predicted molar refractivity (Wildman–Crippen MR) is 24.2 cm³/mol. The maximum atomic E-state index is 11.3. The van der Waals surface area contributed by atoms with Crippen LogP contribution in [0, 0.1) is 0 Å². The summed E-state index contributed by atoms with van der Waals surface area (Å²) in [7, 11) is 0. The number of hydrogen-bond donors (Lipinski definition) is 0. The van der Waals surface area contributed by atoms with E-state index in [2.05, 4.69) is 0 Å². The topological polar surface area (TPSA) is 0 Å². The smallest absolute Gasteiger partial charge is 0.189 e. The molecule has 0 heterocycles. The lowest BCUT2D eigenvalue weighted by molar-refractivity contribution is 0.164. The van der Waals surface area contributed by atoms with Crippen molar-refractivity contribution in [3.63, 3.8) is 0 Å². The molecule has 0 aromatic carbocycles. The zero-order valence-electron chi connectivity index (χ0n) is 3.47. The highest BCUT2D eigenvalue weighted by Gasteiger charge is 2.21. The SMILES string of the molecule is FC(F)=CC(F)(F)Br. The predicted octanol–water partition coefficient (Wildman–Crippen LogP) is 2.75. The summed E-state index contributed by atoms with van der Waals surface area (Å²) in [5, 5.41) is 0. The first-order valence-corrected chi connectivity index (χ1v) is 2.32. The minimum absolute atomic E-state index is 0.479. The molecular formula is C3HBrF4. The zero-order valence-corrected chi connectivity index (χ0v) is 5.05. The van der Waals surface area contributed by atoms with Gasteiger partial charge >= 0.3 is 4.83 Å². The van der Waals surface area contributed by atoms with Crippen molar-refractivity contribution in [1.29, 1.82) is 0 Å². The molecule has 0 aliphatic heterocycles. The van der Waals surface area contributed by atoms with E-state index in [9.17, 15) is 17.6 Å². The van der Waals surface area contributed by atoms with E-state index in [1.165, 1.54) is 0 Å². The van der Waals surface area contributed by atoms with Gasteiger partial charge in [0, 0.05) is 0 Å². The van der Waals surface area contributed by atoms with Crippen molar-refractivity contribution in [3.8, 4) is 0 Å². The standard InChI is InChI=1S/C3HBrF4/c4-3(7,8)1-2(5)6/h1H. The van der Waals surface area contributed by atoms with Crippen molar-refractivity contribution < 1.29 is 17.6 Å². The lowest BCUT2D eigenvalue weighted by Crippen LogP contribution is -1.97. The Morgan fingerprint density at radius 2 is 1.75 bits per heavy atom. The average Bonchev–Trinajstić information content (AvgIpc) is 1.21. The quantitative estimate of drug-likeness (QED) is 0.443. The van der Waals surface area contributed by atoms with Crippen molar-refractivity contribution in [2.75, 3.05) is 0 Å². The molecule has 0 amide bonds. The highest BCUT2D eigenvalue weighted by molar-refractivity contribution is 9.10. The first kappa shape index (κ1) is 7.94. The van der Waals surface area contributed by atoms with E-state index in [4.69, 9.17) is 0 Å². The van der Waals surface area contributed by atoms with E-state index in [0.717, 1.165) is 0 Å². The highest BCUT2D eigenvalue weighted by atomic mass is 79.9. The third-order valence-electron chi connectivity index (χ3n) is 0.273. The van der Waals surface area contributed by atoms with Crippen molar-refractivity contribution in [2.45, 2.75) is 4.83 Å². The van der Waals surface area contributed by atoms with Gasteiger partial charge in [0.1, 0.15) is 0 Å². The lowest BCUT2D eigenvalue weighted by Gasteiger charge is -1.96. The van der Waals surface area contributed by atoms with Crippen molar-refractivity contribution in [2.24, 2.45) is 0 Å². The minimum Gasteiger partial charge on any atom is -0.189 e. The minimum atomic E-state index is -3.58. The van der Waals surface area contributed by atoms with Gasteiger partial charge in [-0.15, -0.1) is 0 Å². The van der Waals surface area contributed by atoms with Gasteiger partial charge in [0.2, 0.25) is 0 Å². The molecule has 0 nitrogen and oxygen atoms in total. The molecule has 0 spiro atoms. The number of alkyl halides is 3. The molecule has 0 aromatic rings. The van der Waals surface area contributed by atoms with Crippen LogP contribution < -0.4 is 0 Å². The molecule has 0 saturated carbocycles. The molecule has 0 aromatic heterocycles. The molecule has 0 bridgehead atoms. The fourth-order valence-corrected chi connectivity index (χ4v) is 0.297. The maximum Gasteiger partial charge on any atom is 0.325 e. The Bertz CT molecular complexity index is 98.3. The van der Waals surface area contributed by atoms with Crippen LogP contribution in [0.1, 0.15) is 0 Å². The molecule has 0 unspecified atom stereocenters. The second-order valence-electron chi connectivity index (χ2n) is 0.976. The van der Waals surface area contributed by atoms with Gasteiger partial charge in [-0.25, -0.2) is 0 Å². The molecular weight excluding hydrogens is 192 g/mol. The molecule has 0 aliphatic rings. The van der Waals surface area contributed by atoms with E-state index in [1.54, 1.807) is 15.9 Å². The number of rotatable bonds is 1. The van der Waals surface area contributed by atoms with Crippen molar-refractivity contribution in [3.05, 3.63) is 12.2 Å². The molecule has 48 valence electrons. The van der Waals surface area contributed by atoms with Gasteiger partial charge in [0.25, 0.3) is 6.08 Å². The zero-order chi connectivity index (χ0) is 6.78. The van der Waals surface area contributed by atoms with Gasteiger partial charge in [-0.1, -0.05) is 0 Å². The van der Waals surface area contributed by atoms with Crippen LogP contribution in [0.5, 0.6) is 0 Å². The van der Waals surface area contributed by atoms with Crippen LogP contribution in [0.3, 0.4) is 0 Å². The normalized spacial score (nSPS) is 11.1. The molecule has 0 radical (unpaired) electrons. The monoisotopic (exact) mass is 192 g/mol. The Labute approximate surface area is 51.3 Å². The summed E-state index contributed by atoms with van der Waals surface area (Å²) in [6.07, 6.45) is -2.88. The fraction of sp³-hybridized carbons (Fsp3) is 0.333. The summed E-state index contributed by atoms with van der Waals surface area (Å²) < 4.78 is 44.4. The summed E-state index contributed by atoms with van der Waals surface area (Å²) >= 11 is 1.69. The molecule has 0 saturated heterocycles. The Morgan fingerprint density at radius 1 is 1.38 bits per heavy atom. The molecule has 8 heavy (non-hydrogen) atoms. The number of halogens is 5. The fourth-order valence-electron chi connectivity index (χ4n) is 0.124. The first-order valence-electron chi connectivity index (χ1n) is 1.52. The summed E-state index contributed by atoms with van der Waals surface area (Å²) in [4.78, 5) is -3.58. The van der Waals surface area contributed by atoms with E-state index in [0.29, 0.717) is 0 Å². The highest BCUT2D eigenvalue weighted by Crippen LogP contribution is 2.25. The van der Waals surface area contributed by atoms with Crippen LogP contribution in [-0.2, 0) is 0 Å². The number of allylic oxidation sites excluding steroid dienone is 1. The van der Waals surface area contributed by atoms with Gasteiger partial charge in [-0.2, -0.15) is 17.6 Å². The third-order valence-corrected chi connectivity index (χ3v) is 0.502. The summed E-state index contributed by atoms with van der Waals surface area (Å²) in [6, 6.07) is 0. The molecule has 0 N–H and O–H groups in total. The average molecular weight is 193 g/mol. The largest absolute Gasteiger partial charge is 0.325 e. The van der Waals surface area contributed by atoms with Gasteiger partial charge in [0.05, 0.1) is 6.08 Å². The lowest BCUT2D eigenvalue weighted by atomic mass is 10.7. The molecule has 0 aliphatic carbocycles. The molecule has 5 heteroatoms. The summed E-state index contributed by atoms with van der Waals surface area (Å²) in [5.74, 6) is 0. The van der Waals surface area contributed by atoms with E-state index in [1.807, 2.05) is 0 Å². The maximum absolute atomic E-state index is 11.3. The summed E-state index contributed by atoms with van der Waals surface area (Å²) in [6.45, 7) is 0. The van der Waals surface area contributed by atoms with Crippen LogP contribution in [0.15, 0.2) is 12.2 Å².